The molecule has 2 aliphatic rings. The summed E-state index contributed by atoms with van der Waals surface area (Å²) in [5.41, 5.74) is 1.40. The molecule has 35 heavy (non-hydrogen) atoms. The Morgan fingerprint density at radius 3 is 2.34 bits per heavy atom. The van der Waals surface area contributed by atoms with Crippen molar-refractivity contribution in [2.75, 3.05) is 38.5 Å². The van der Waals surface area contributed by atoms with E-state index in [1.807, 2.05) is 0 Å². The van der Waals surface area contributed by atoms with Gasteiger partial charge < -0.3 is 10.6 Å². The highest BCUT2D eigenvalue weighted by Gasteiger charge is 2.30. The monoisotopic (exact) mass is 519 g/mol. The van der Waals surface area contributed by atoms with Crippen molar-refractivity contribution in [2.45, 2.75) is 37.6 Å². The van der Waals surface area contributed by atoms with E-state index >= 15 is 0 Å². The molecule has 10 nitrogen and oxygen atoms in total. The van der Waals surface area contributed by atoms with Crippen LogP contribution in [-0.4, -0.2) is 68.7 Å². The lowest BCUT2D eigenvalue weighted by Crippen LogP contribution is -2.38. The van der Waals surface area contributed by atoms with Crippen molar-refractivity contribution >= 4 is 44.2 Å². The summed E-state index contributed by atoms with van der Waals surface area (Å²) in [5, 5.41) is 7.83. The van der Waals surface area contributed by atoms with Crippen LogP contribution in [0.2, 0.25) is 0 Å². The zero-order chi connectivity index (χ0) is 25.2. The number of carbonyl (C=O) groups excluding carboxylic acids is 3. The zero-order valence-corrected chi connectivity index (χ0v) is 21.4. The average Bonchev–Trinajstić information content (AvgIpc) is 3.52. The summed E-state index contributed by atoms with van der Waals surface area (Å²) >= 11 is 1.32. The zero-order valence-electron chi connectivity index (χ0n) is 19.7. The van der Waals surface area contributed by atoms with Gasteiger partial charge in [-0.05, 0) is 55.6 Å². The van der Waals surface area contributed by atoms with Gasteiger partial charge in [-0.15, -0.1) is 11.3 Å². The third-order valence-corrected chi connectivity index (χ3v) is 9.36. The second-order valence-electron chi connectivity index (χ2n) is 8.45. The molecule has 0 saturated carbocycles. The molecule has 1 saturated heterocycles. The maximum Gasteiger partial charge on any atom is 0.321 e. The summed E-state index contributed by atoms with van der Waals surface area (Å²) in [4.78, 5) is 41.1. The van der Waals surface area contributed by atoms with E-state index in [1.54, 1.807) is 0 Å². The van der Waals surface area contributed by atoms with Crippen LogP contribution in [0.3, 0.4) is 0 Å². The third-order valence-electron chi connectivity index (χ3n) is 6.31. The topological polar surface area (TPSA) is 128 Å². The molecular weight excluding hydrogens is 490 g/mol. The number of nitrogens with one attached hydrogen (secondary N) is 3. The molecule has 3 heterocycles. The molecule has 0 aliphatic carbocycles. The molecule has 4 rings (SSSR count). The number of benzene rings is 1. The number of amides is 4. The molecule has 0 spiro atoms. The van der Waals surface area contributed by atoms with Crippen LogP contribution in [-0.2, 0) is 23.0 Å². The van der Waals surface area contributed by atoms with Crippen molar-refractivity contribution in [1.29, 1.82) is 0 Å². The van der Waals surface area contributed by atoms with Crippen molar-refractivity contribution in [3.8, 4) is 0 Å². The van der Waals surface area contributed by atoms with Gasteiger partial charge in [0.25, 0.3) is 11.8 Å². The molecule has 0 bridgehead atoms. The van der Waals surface area contributed by atoms with Gasteiger partial charge in [0.15, 0.2) is 0 Å². The van der Waals surface area contributed by atoms with Crippen LogP contribution in [0.1, 0.15) is 50.9 Å². The molecule has 1 fully saturated rings. The number of nitrogens with zero attached hydrogens (tertiary/aromatic N) is 2. The first-order valence-corrected chi connectivity index (χ1v) is 13.8. The van der Waals surface area contributed by atoms with Crippen molar-refractivity contribution in [1.82, 2.24) is 19.8 Å². The highest BCUT2D eigenvalue weighted by atomic mass is 32.2. The molecule has 1 aromatic carbocycles. The van der Waals surface area contributed by atoms with E-state index < -0.39 is 27.9 Å². The minimum absolute atomic E-state index is 0.146. The number of imide groups is 1. The number of likely N-dealkylation sites (N-methyl/N-ethyl adjacent to an activating group) is 1. The quantitative estimate of drug-likeness (QED) is 0.537. The Balaban J connectivity index is 1.58. The molecule has 2 aromatic rings. The molecule has 3 N–H and O–H groups in total. The van der Waals surface area contributed by atoms with E-state index in [0.717, 1.165) is 36.4 Å². The number of rotatable bonds is 6. The largest absolute Gasteiger partial charge is 0.341 e. The van der Waals surface area contributed by atoms with Gasteiger partial charge in [-0.2, -0.15) is 4.31 Å². The second kappa shape index (κ2) is 10.4. The fourth-order valence-corrected chi connectivity index (χ4v) is 7.11. The van der Waals surface area contributed by atoms with Gasteiger partial charge in [0.1, 0.15) is 5.00 Å². The van der Waals surface area contributed by atoms with Crippen molar-refractivity contribution < 1.29 is 22.8 Å². The standard InChI is InChI=1S/C23H29N5O5S2/c1-3-27-13-10-17-18(14-27)34-22(19(17)21(30)26-23(31)24-2)25-20(29)15-6-8-16(9-7-15)35(32,33)28-11-4-5-12-28/h6-9H,3-5,10-14H2,1-2H3,(H,25,29)(H2,24,26,30,31). The summed E-state index contributed by atoms with van der Waals surface area (Å²) in [5.74, 6) is -1.04. The number of hydrogen-bond acceptors (Lipinski definition) is 7. The van der Waals surface area contributed by atoms with Crippen LogP contribution in [0.5, 0.6) is 0 Å². The number of carbonyl (C=O) groups is 3. The lowest BCUT2D eigenvalue weighted by atomic mass is 10.0. The van der Waals surface area contributed by atoms with Crippen LogP contribution in [0.4, 0.5) is 9.80 Å². The molecule has 188 valence electrons. The fraction of sp³-hybridized carbons (Fsp3) is 0.435. The van der Waals surface area contributed by atoms with Gasteiger partial charge in [-0.25, -0.2) is 13.2 Å². The molecule has 2 aliphatic heterocycles. The molecular formula is C23H29N5O5S2. The highest BCUT2D eigenvalue weighted by molar-refractivity contribution is 7.89. The van der Waals surface area contributed by atoms with E-state index in [4.69, 9.17) is 0 Å². The molecule has 4 amide bonds. The van der Waals surface area contributed by atoms with Gasteiger partial charge in [-0.3, -0.25) is 19.8 Å². The van der Waals surface area contributed by atoms with Crippen molar-refractivity contribution in [3.05, 3.63) is 45.8 Å². The van der Waals surface area contributed by atoms with E-state index in [1.165, 1.54) is 47.0 Å². The van der Waals surface area contributed by atoms with Crippen LogP contribution < -0.4 is 16.0 Å². The smallest absolute Gasteiger partial charge is 0.321 e. The number of hydrogen-bond donors (Lipinski definition) is 3. The first-order chi connectivity index (χ1) is 16.7. The Labute approximate surface area is 208 Å². The first-order valence-electron chi connectivity index (χ1n) is 11.6. The Bertz CT molecular complexity index is 1230. The molecule has 12 heteroatoms. The van der Waals surface area contributed by atoms with Gasteiger partial charge in [0.05, 0.1) is 10.5 Å². The van der Waals surface area contributed by atoms with E-state index in [2.05, 4.69) is 27.8 Å². The molecule has 0 radical (unpaired) electrons. The van der Waals surface area contributed by atoms with Gasteiger partial charge in [-0.1, -0.05) is 6.92 Å². The minimum atomic E-state index is -3.57. The summed E-state index contributed by atoms with van der Waals surface area (Å²) in [7, 11) is -2.16. The second-order valence-corrected chi connectivity index (χ2v) is 11.5. The third kappa shape index (κ3) is 5.25. The van der Waals surface area contributed by atoms with Crippen LogP contribution in [0.25, 0.3) is 0 Å². The number of thiophene rings is 1. The van der Waals surface area contributed by atoms with Gasteiger partial charge in [0.2, 0.25) is 10.0 Å². The van der Waals surface area contributed by atoms with Gasteiger partial charge in [0, 0.05) is 43.7 Å². The minimum Gasteiger partial charge on any atom is -0.341 e. The van der Waals surface area contributed by atoms with Crippen molar-refractivity contribution in [2.24, 2.45) is 0 Å². The number of sulfonamides is 1. The summed E-state index contributed by atoms with van der Waals surface area (Å²) in [6.45, 7) is 5.38. The maximum absolute atomic E-state index is 13.0. The summed E-state index contributed by atoms with van der Waals surface area (Å²) < 4.78 is 27.0. The Hall–Kier alpha value is -2.80. The molecule has 1 aromatic heterocycles. The van der Waals surface area contributed by atoms with Crippen LogP contribution in [0, 0.1) is 0 Å². The first kappa shape index (κ1) is 25.3. The highest BCUT2D eigenvalue weighted by Crippen LogP contribution is 2.37. The van der Waals surface area contributed by atoms with E-state index in [9.17, 15) is 22.8 Å². The number of fused-ring (bicyclic) bond motifs is 1. The van der Waals surface area contributed by atoms with Gasteiger partial charge >= 0.3 is 6.03 Å². The fourth-order valence-electron chi connectivity index (χ4n) is 4.31. The Morgan fingerprint density at radius 2 is 1.71 bits per heavy atom. The maximum atomic E-state index is 13.0. The summed E-state index contributed by atoms with van der Waals surface area (Å²) in [6, 6.07) is 5.16. The SMILES string of the molecule is CCN1CCc2c(sc(NC(=O)c3ccc(S(=O)(=O)N4CCCC4)cc3)c2C(=O)NC(=O)NC)C1. The summed E-state index contributed by atoms with van der Waals surface area (Å²) in [6.07, 6.45) is 2.32. The molecule has 0 unspecified atom stereocenters. The lowest BCUT2D eigenvalue weighted by Gasteiger charge is -2.25. The van der Waals surface area contributed by atoms with E-state index in [-0.39, 0.29) is 10.5 Å². The predicted octanol–water partition coefficient (Wildman–Crippen LogP) is 2.23. The number of anilines is 1. The van der Waals surface area contributed by atoms with Crippen molar-refractivity contribution in [3.63, 3.8) is 0 Å². The van der Waals surface area contributed by atoms with Crippen LogP contribution in [0.15, 0.2) is 29.2 Å². The lowest BCUT2D eigenvalue weighted by molar-refractivity contribution is 0.0964. The number of urea groups is 1. The predicted molar refractivity (Wildman–Crippen MR) is 133 cm³/mol. The van der Waals surface area contributed by atoms with E-state index in [0.29, 0.717) is 36.6 Å². The van der Waals surface area contributed by atoms with Crippen LogP contribution >= 0.6 is 11.3 Å². The Kier molecular flexibility index (Phi) is 7.55. The Morgan fingerprint density at radius 1 is 1.03 bits per heavy atom. The normalized spacial score (nSPS) is 16.5. The molecule has 0 atom stereocenters. The average molecular weight is 520 g/mol.